The highest BCUT2D eigenvalue weighted by Gasteiger charge is 2.39. The van der Waals surface area contributed by atoms with Crippen LogP contribution in [0.25, 0.3) is 0 Å². The number of nitrogens with one attached hydrogen (secondary N) is 1. The van der Waals surface area contributed by atoms with Gasteiger partial charge in [-0.1, -0.05) is 0 Å². The van der Waals surface area contributed by atoms with Crippen molar-refractivity contribution in [2.45, 2.75) is 38.2 Å². The molecule has 2 heterocycles. The lowest BCUT2D eigenvalue weighted by Crippen LogP contribution is -2.55. The Morgan fingerprint density at radius 3 is 2.48 bits per heavy atom. The molecule has 0 aliphatic carbocycles. The van der Waals surface area contributed by atoms with E-state index in [-0.39, 0.29) is 5.60 Å². The highest BCUT2D eigenvalue weighted by molar-refractivity contribution is 7.86. The van der Waals surface area contributed by atoms with Gasteiger partial charge in [-0.2, -0.15) is 17.0 Å². The minimum Gasteiger partial charge on any atom is -0.377 e. The quantitative estimate of drug-likeness (QED) is 0.809. The molecule has 0 aromatic rings. The van der Waals surface area contributed by atoms with E-state index < -0.39 is 10.2 Å². The number of hydrogen-bond donors (Lipinski definition) is 1. The van der Waals surface area contributed by atoms with Gasteiger partial charge in [-0.25, -0.2) is 0 Å². The maximum absolute atomic E-state index is 12.8. The molecule has 0 saturated carbocycles. The van der Waals surface area contributed by atoms with E-state index in [2.05, 4.69) is 5.32 Å². The second-order valence-electron chi connectivity index (χ2n) is 6.50. The van der Waals surface area contributed by atoms with Gasteiger partial charge in [0.05, 0.1) is 5.60 Å². The van der Waals surface area contributed by atoms with Crippen LogP contribution >= 0.6 is 0 Å². The third-order valence-electron chi connectivity index (χ3n) is 4.84. The Labute approximate surface area is 129 Å². The summed E-state index contributed by atoms with van der Waals surface area (Å²) in [4.78, 5) is 0. The summed E-state index contributed by atoms with van der Waals surface area (Å²) < 4.78 is 34.3. The lowest BCUT2D eigenvalue weighted by atomic mass is 9.96. The van der Waals surface area contributed by atoms with Crippen LogP contribution < -0.4 is 5.32 Å². The van der Waals surface area contributed by atoms with E-state index in [1.807, 2.05) is 14.0 Å². The van der Waals surface area contributed by atoms with Crippen molar-refractivity contribution in [3.05, 3.63) is 0 Å². The van der Waals surface area contributed by atoms with Crippen molar-refractivity contribution in [1.29, 1.82) is 0 Å². The van der Waals surface area contributed by atoms with E-state index in [9.17, 15) is 8.42 Å². The fourth-order valence-electron chi connectivity index (χ4n) is 3.32. The first-order valence-corrected chi connectivity index (χ1v) is 9.26. The molecule has 1 N–H and O–H groups in total. The van der Waals surface area contributed by atoms with Gasteiger partial charge in [0.2, 0.25) is 0 Å². The smallest absolute Gasteiger partial charge is 0.282 e. The molecule has 2 aliphatic rings. The average molecular weight is 319 g/mol. The van der Waals surface area contributed by atoms with Gasteiger partial charge >= 0.3 is 0 Å². The molecule has 6 nitrogen and oxygen atoms in total. The number of methoxy groups -OCH3 is 1. The molecule has 0 amide bonds. The SMILES string of the molecule is CNCC1CCN(S(=O)(=O)N2CCCC(C)(OC)C2)CC1. The van der Waals surface area contributed by atoms with Crippen LogP contribution in [0.3, 0.4) is 0 Å². The van der Waals surface area contributed by atoms with Crippen molar-refractivity contribution in [1.82, 2.24) is 13.9 Å². The van der Waals surface area contributed by atoms with Crippen LogP contribution in [0.4, 0.5) is 0 Å². The number of hydrogen-bond acceptors (Lipinski definition) is 4. The van der Waals surface area contributed by atoms with Crippen molar-refractivity contribution in [2.75, 3.05) is 46.9 Å². The Balaban J connectivity index is 1.99. The van der Waals surface area contributed by atoms with E-state index in [1.54, 1.807) is 15.7 Å². The molecule has 0 aromatic heterocycles. The lowest BCUT2D eigenvalue weighted by molar-refractivity contribution is -0.0331. The molecular weight excluding hydrogens is 290 g/mol. The fraction of sp³-hybridized carbons (Fsp3) is 1.00. The lowest BCUT2D eigenvalue weighted by Gasteiger charge is -2.41. The Kier molecular flexibility index (Phi) is 5.65. The topological polar surface area (TPSA) is 61.9 Å². The van der Waals surface area contributed by atoms with Crippen LogP contribution in [-0.2, 0) is 14.9 Å². The van der Waals surface area contributed by atoms with E-state index >= 15 is 0 Å². The van der Waals surface area contributed by atoms with Crippen LogP contribution in [0, 0.1) is 5.92 Å². The molecule has 21 heavy (non-hydrogen) atoms. The second kappa shape index (κ2) is 6.91. The highest BCUT2D eigenvalue weighted by atomic mass is 32.2. The Morgan fingerprint density at radius 2 is 1.90 bits per heavy atom. The maximum Gasteiger partial charge on any atom is 0.282 e. The van der Waals surface area contributed by atoms with E-state index in [0.29, 0.717) is 32.1 Å². The van der Waals surface area contributed by atoms with Gasteiger partial charge in [-0.05, 0) is 52.1 Å². The summed E-state index contributed by atoms with van der Waals surface area (Å²) in [6, 6.07) is 0. The van der Waals surface area contributed by atoms with Gasteiger partial charge in [0, 0.05) is 33.3 Å². The molecule has 2 saturated heterocycles. The van der Waals surface area contributed by atoms with Gasteiger partial charge < -0.3 is 10.1 Å². The van der Waals surface area contributed by atoms with E-state index in [1.165, 1.54) is 0 Å². The Morgan fingerprint density at radius 1 is 1.24 bits per heavy atom. The van der Waals surface area contributed by atoms with Crippen LogP contribution in [0.5, 0.6) is 0 Å². The standard InChI is InChI=1S/C14H29N3O3S/c1-14(20-3)7-4-8-17(12-14)21(18,19)16-9-5-13(6-10-16)11-15-2/h13,15H,4-12H2,1-3H3. The molecule has 0 spiro atoms. The zero-order chi connectivity index (χ0) is 15.5. The first-order chi connectivity index (χ1) is 9.91. The molecule has 2 fully saturated rings. The summed E-state index contributed by atoms with van der Waals surface area (Å²) >= 11 is 0. The molecule has 0 aromatic carbocycles. The van der Waals surface area contributed by atoms with Crippen molar-refractivity contribution in [3.63, 3.8) is 0 Å². The molecule has 0 bridgehead atoms. The first-order valence-electron chi connectivity index (χ1n) is 7.86. The fourth-order valence-corrected chi connectivity index (χ4v) is 5.12. The third-order valence-corrected chi connectivity index (χ3v) is 6.82. The molecule has 1 unspecified atom stereocenters. The van der Waals surface area contributed by atoms with Crippen molar-refractivity contribution in [2.24, 2.45) is 5.92 Å². The predicted octanol–water partition coefficient (Wildman–Crippen LogP) is 0.664. The Bertz CT molecular complexity index is 435. The predicted molar refractivity (Wildman–Crippen MR) is 83.4 cm³/mol. The van der Waals surface area contributed by atoms with Gasteiger partial charge in [-0.3, -0.25) is 0 Å². The van der Waals surface area contributed by atoms with Crippen LogP contribution in [0.15, 0.2) is 0 Å². The van der Waals surface area contributed by atoms with E-state index in [4.69, 9.17) is 4.74 Å². The van der Waals surface area contributed by atoms with Gasteiger partial charge in [0.15, 0.2) is 0 Å². The molecule has 2 aliphatic heterocycles. The molecule has 1 atom stereocenters. The number of nitrogens with zero attached hydrogens (tertiary/aromatic N) is 2. The van der Waals surface area contributed by atoms with Crippen molar-refractivity contribution in [3.8, 4) is 0 Å². The first kappa shape index (κ1) is 17.1. The number of ether oxygens (including phenoxy) is 1. The Hall–Kier alpha value is -0.210. The second-order valence-corrected chi connectivity index (χ2v) is 8.43. The summed E-state index contributed by atoms with van der Waals surface area (Å²) in [6.45, 7) is 5.30. The van der Waals surface area contributed by atoms with Crippen LogP contribution in [0.2, 0.25) is 0 Å². The van der Waals surface area contributed by atoms with Crippen LogP contribution in [0.1, 0.15) is 32.6 Å². The summed E-state index contributed by atoms with van der Waals surface area (Å²) in [5.74, 6) is 0.590. The zero-order valence-electron chi connectivity index (χ0n) is 13.5. The molecule has 0 radical (unpaired) electrons. The monoisotopic (exact) mass is 319 g/mol. The van der Waals surface area contributed by atoms with Crippen molar-refractivity contribution >= 4 is 10.2 Å². The molecule has 7 heteroatoms. The number of rotatable bonds is 5. The normalized spacial score (nSPS) is 30.6. The summed E-state index contributed by atoms with van der Waals surface area (Å²) in [5, 5.41) is 3.18. The zero-order valence-corrected chi connectivity index (χ0v) is 14.3. The third kappa shape index (κ3) is 3.96. The maximum atomic E-state index is 12.8. The highest BCUT2D eigenvalue weighted by Crippen LogP contribution is 2.28. The molecule has 124 valence electrons. The van der Waals surface area contributed by atoms with Gasteiger partial charge in [0.25, 0.3) is 10.2 Å². The summed E-state index contributed by atoms with van der Waals surface area (Å²) in [7, 11) is 0.275. The van der Waals surface area contributed by atoms with Gasteiger partial charge in [0.1, 0.15) is 0 Å². The van der Waals surface area contributed by atoms with Crippen molar-refractivity contribution < 1.29 is 13.2 Å². The van der Waals surface area contributed by atoms with E-state index in [0.717, 1.165) is 32.2 Å². The summed E-state index contributed by atoms with van der Waals surface area (Å²) in [6.07, 6.45) is 3.66. The summed E-state index contributed by atoms with van der Waals surface area (Å²) in [5.41, 5.74) is -0.351. The minimum absolute atomic E-state index is 0.351. The van der Waals surface area contributed by atoms with Crippen LogP contribution in [-0.4, -0.2) is 69.5 Å². The average Bonchev–Trinajstić information content (AvgIpc) is 2.48. The minimum atomic E-state index is -3.34. The van der Waals surface area contributed by atoms with Gasteiger partial charge in [-0.15, -0.1) is 0 Å². The molecular formula is C14H29N3O3S. The number of piperidine rings is 2. The molecule has 2 rings (SSSR count). The largest absolute Gasteiger partial charge is 0.377 e.